The van der Waals surface area contributed by atoms with Crippen molar-refractivity contribution in [1.29, 1.82) is 0 Å². The number of anilines is 1. The lowest BCUT2D eigenvalue weighted by Gasteiger charge is -2.11. The summed E-state index contributed by atoms with van der Waals surface area (Å²) >= 11 is 5.10. The summed E-state index contributed by atoms with van der Waals surface area (Å²) in [6.45, 7) is 5.28. The molecule has 7 heteroatoms. The number of aromatic nitrogens is 2. The molecule has 0 aliphatic heterocycles. The zero-order valence-electron chi connectivity index (χ0n) is 11.8. The van der Waals surface area contributed by atoms with E-state index < -0.39 is 11.6 Å². The summed E-state index contributed by atoms with van der Waals surface area (Å²) in [6, 6.07) is 3.28. The van der Waals surface area contributed by atoms with Crippen molar-refractivity contribution >= 4 is 23.0 Å². The molecular formula is C14H16F2N4S. The predicted octanol–water partition coefficient (Wildman–Crippen LogP) is 2.98. The Morgan fingerprint density at radius 1 is 1.38 bits per heavy atom. The van der Waals surface area contributed by atoms with Crippen molar-refractivity contribution in [2.24, 2.45) is 0 Å². The first-order valence-corrected chi connectivity index (χ1v) is 6.93. The lowest BCUT2D eigenvalue weighted by atomic mass is 10.2. The molecule has 0 aliphatic carbocycles. The van der Waals surface area contributed by atoms with Crippen LogP contribution in [0.1, 0.15) is 18.2 Å². The van der Waals surface area contributed by atoms with Gasteiger partial charge in [-0.3, -0.25) is 4.68 Å². The maximum Gasteiger partial charge on any atom is 0.171 e. The summed E-state index contributed by atoms with van der Waals surface area (Å²) in [4.78, 5) is 0. The summed E-state index contributed by atoms with van der Waals surface area (Å²) in [5.74, 6) is -1.31. The highest BCUT2D eigenvalue weighted by atomic mass is 32.1. The predicted molar refractivity (Wildman–Crippen MR) is 82.1 cm³/mol. The first kappa shape index (κ1) is 15.4. The van der Waals surface area contributed by atoms with Gasteiger partial charge in [0.15, 0.2) is 5.11 Å². The number of nitrogens with zero attached hydrogens (tertiary/aromatic N) is 2. The van der Waals surface area contributed by atoms with Crippen LogP contribution in [0.2, 0.25) is 0 Å². The molecule has 0 atom stereocenters. The maximum absolute atomic E-state index is 13.5. The summed E-state index contributed by atoms with van der Waals surface area (Å²) < 4.78 is 28.2. The van der Waals surface area contributed by atoms with Gasteiger partial charge >= 0.3 is 0 Å². The zero-order chi connectivity index (χ0) is 15.4. The van der Waals surface area contributed by atoms with Crippen LogP contribution in [-0.2, 0) is 13.1 Å². The topological polar surface area (TPSA) is 41.9 Å². The molecule has 2 N–H and O–H groups in total. The third kappa shape index (κ3) is 3.75. The van der Waals surface area contributed by atoms with Gasteiger partial charge in [-0.15, -0.1) is 0 Å². The van der Waals surface area contributed by atoms with Crippen molar-refractivity contribution in [3.05, 3.63) is 47.3 Å². The summed E-state index contributed by atoms with van der Waals surface area (Å²) in [5.41, 5.74) is 2.20. The summed E-state index contributed by atoms with van der Waals surface area (Å²) in [7, 11) is 0. The fourth-order valence-electron chi connectivity index (χ4n) is 1.91. The SMILES string of the molecule is CCn1ncc(CNC(=S)Nc2ccc(F)cc2F)c1C. The van der Waals surface area contributed by atoms with Crippen molar-refractivity contribution < 1.29 is 8.78 Å². The molecule has 0 aliphatic rings. The number of nitrogens with one attached hydrogen (secondary N) is 2. The Balaban J connectivity index is 1.94. The monoisotopic (exact) mass is 310 g/mol. The number of thiocarbonyl (C=S) groups is 1. The summed E-state index contributed by atoms with van der Waals surface area (Å²) in [6.07, 6.45) is 1.77. The van der Waals surface area contributed by atoms with Gasteiger partial charge in [0.25, 0.3) is 0 Å². The maximum atomic E-state index is 13.5. The van der Waals surface area contributed by atoms with E-state index in [1.54, 1.807) is 6.20 Å². The molecule has 0 spiro atoms. The minimum Gasteiger partial charge on any atom is -0.358 e. The summed E-state index contributed by atoms with van der Waals surface area (Å²) in [5, 5.41) is 10.2. The molecule has 4 nitrogen and oxygen atoms in total. The van der Waals surface area contributed by atoms with Crippen LogP contribution in [0.4, 0.5) is 14.5 Å². The van der Waals surface area contributed by atoms with E-state index in [0.717, 1.165) is 23.9 Å². The fraction of sp³-hybridized carbons (Fsp3) is 0.286. The third-order valence-corrected chi connectivity index (χ3v) is 3.37. The van der Waals surface area contributed by atoms with Gasteiger partial charge in [-0.1, -0.05) is 0 Å². The van der Waals surface area contributed by atoms with Gasteiger partial charge in [0.2, 0.25) is 0 Å². The van der Waals surface area contributed by atoms with E-state index in [1.807, 2.05) is 18.5 Å². The second-order valence-electron chi connectivity index (χ2n) is 4.50. The minimum atomic E-state index is -0.686. The molecule has 0 bridgehead atoms. The van der Waals surface area contributed by atoms with E-state index in [9.17, 15) is 8.78 Å². The molecule has 0 saturated heterocycles. The minimum absolute atomic E-state index is 0.134. The van der Waals surface area contributed by atoms with Crippen LogP contribution >= 0.6 is 12.2 Å². The molecule has 21 heavy (non-hydrogen) atoms. The number of aryl methyl sites for hydroxylation is 1. The van der Waals surface area contributed by atoms with Crippen molar-refractivity contribution in [3.8, 4) is 0 Å². The Morgan fingerprint density at radius 2 is 2.14 bits per heavy atom. The van der Waals surface area contributed by atoms with Gasteiger partial charge < -0.3 is 10.6 Å². The largest absolute Gasteiger partial charge is 0.358 e. The van der Waals surface area contributed by atoms with Crippen LogP contribution in [0.15, 0.2) is 24.4 Å². The first-order valence-electron chi connectivity index (χ1n) is 6.52. The lowest BCUT2D eigenvalue weighted by Crippen LogP contribution is -2.28. The first-order chi connectivity index (χ1) is 10.0. The molecular weight excluding hydrogens is 294 g/mol. The van der Waals surface area contributed by atoms with Crippen LogP contribution in [0.25, 0.3) is 0 Å². The molecule has 0 fully saturated rings. The highest BCUT2D eigenvalue weighted by Gasteiger charge is 2.08. The molecule has 2 aromatic rings. The highest BCUT2D eigenvalue weighted by Crippen LogP contribution is 2.14. The van der Waals surface area contributed by atoms with Gasteiger partial charge in [0.05, 0.1) is 11.9 Å². The molecule has 2 rings (SSSR count). The molecule has 0 saturated carbocycles. The third-order valence-electron chi connectivity index (χ3n) is 3.12. The number of rotatable bonds is 4. The van der Waals surface area contributed by atoms with Gasteiger partial charge in [-0.05, 0) is 38.2 Å². The van der Waals surface area contributed by atoms with Crippen LogP contribution < -0.4 is 10.6 Å². The molecule has 0 radical (unpaired) electrons. The Hall–Kier alpha value is -2.02. The van der Waals surface area contributed by atoms with E-state index in [1.165, 1.54) is 12.1 Å². The van der Waals surface area contributed by atoms with E-state index in [-0.39, 0.29) is 10.8 Å². The second kappa shape index (κ2) is 6.62. The van der Waals surface area contributed by atoms with Gasteiger partial charge in [0.1, 0.15) is 11.6 Å². The number of hydrogen-bond donors (Lipinski definition) is 2. The molecule has 1 aromatic carbocycles. The Kier molecular flexibility index (Phi) is 4.85. The van der Waals surface area contributed by atoms with Gasteiger partial charge in [0, 0.05) is 30.4 Å². The average molecular weight is 310 g/mol. The van der Waals surface area contributed by atoms with Gasteiger partial charge in [-0.2, -0.15) is 5.10 Å². The molecule has 0 amide bonds. The zero-order valence-corrected chi connectivity index (χ0v) is 12.6. The number of halogens is 2. The second-order valence-corrected chi connectivity index (χ2v) is 4.91. The van der Waals surface area contributed by atoms with E-state index >= 15 is 0 Å². The van der Waals surface area contributed by atoms with Crippen molar-refractivity contribution in [2.45, 2.75) is 26.9 Å². The standard InChI is InChI=1S/C14H16F2N4S/c1-3-20-9(2)10(8-18-20)7-17-14(21)19-13-5-4-11(15)6-12(13)16/h4-6,8H,3,7H2,1-2H3,(H2,17,19,21). The van der Waals surface area contributed by atoms with E-state index in [4.69, 9.17) is 12.2 Å². The van der Waals surface area contributed by atoms with Crippen LogP contribution in [0.3, 0.4) is 0 Å². The Labute approximate surface area is 127 Å². The number of benzene rings is 1. The van der Waals surface area contributed by atoms with Crippen LogP contribution in [0, 0.1) is 18.6 Å². The lowest BCUT2D eigenvalue weighted by molar-refractivity contribution is 0.586. The smallest absolute Gasteiger partial charge is 0.171 e. The van der Waals surface area contributed by atoms with Crippen LogP contribution in [0.5, 0.6) is 0 Å². The van der Waals surface area contributed by atoms with E-state index in [0.29, 0.717) is 6.54 Å². The van der Waals surface area contributed by atoms with Crippen molar-refractivity contribution in [3.63, 3.8) is 0 Å². The highest BCUT2D eigenvalue weighted by molar-refractivity contribution is 7.80. The normalized spacial score (nSPS) is 10.5. The Bertz CT molecular complexity index is 654. The quantitative estimate of drug-likeness (QED) is 0.852. The molecule has 0 unspecified atom stereocenters. The fourth-order valence-corrected chi connectivity index (χ4v) is 2.09. The Morgan fingerprint density at radius 3 is 2.76 bits per heavy atom. The van der Waals surface area contributed by atoms with E-state index in [2.05, 4.69) is 15.7 Å². The molecule has 1 heterocycles. The molecule has 112 valence electrons. The number of hydrogen-bond acceptors (Lipinski definition) is 2. The van der Waals surface area contributed by atoms with Crippen LogP contribution in [-0.4, -0.2) is 14.9 Å². The van der Waals surface area contributed by atoms with Gasteiger partial charge in [-0.25, -0.2) is 8.78 Å². The molecule has 1 aromatic heterocycles. The van der Waals surface area contributed by atoms with Crippen molar-refractivity contribution in [1.82, 2.24) is 15.1 Å². The average Bonchev–Trinajstić information content (AvgIpc) is 2.80. The van der Waals surface area contributed by atoms with Crippen molar-refractivity contribution in [2.75, 3.05) is 5.32 Å².